The van der Waals surface area contributed by atoms with Gasteiger partial charge in [0.05, 0.1) is 16.7 Å². The summed E-state index contributed by atoms with van der Waals surface area (Å²) >= 11 is 0. The largest absolute Gasteiger partial charge is 0.465 e. The molecular formula is C18H27FN4O4. The number of carboxylic acid groups (broad SMARTS) is 1. The molecule has 1 aromatic rings. The average Bonchev–Trinajstić information content (AvgIpc) is 2.57. The second-order valence-corrected chi connectivity index (χ2v) is 7.68. The second-order valence-electron chi connectivity index (χ2n) is 7.68. The van der Waals surface area contributed by atoms with Gasteiger partial charge in [-0.1, -0.05) is 0 Å². The number of halogens is 1. The lowest BCUT2D eigenvalue weighted by Crippen LogP contribution is -2.49. The van der Waals surface area contributed by atoms with Gasteiger partial charge in [0.1, 0.15) is 0 Å². The van der Waals surface area contributed by atoms with Crippen molar-refractivity contribution in [3.8, 4) is 0 Å². The lowest BCUT2D eigenvalue weighted by molar-refractivity contribution is -0.385. The summed E-state index contributed by atoms with van der Waals surface area (Å²) in [6.45, 7) is 9.58. The first kappa shape index (κ1) is 20.9. The third-order valence-corrected chi connectivity index (χ3v) is 4.75. The van der Waals surface area contributed by atoms with Gasteiger partial charge in [-0.15, -0.1) is 0 Å². The van der Waals surface area contributed by atoms with Crippen LogP contribution in [-0.2, 0) is 0 Å². The highest BCUT2D eigenvalue weighted by Gasteiger charge is 2.26. The van der Waals surface area contributed by atoms with Crippen molar-refractivity contribution in [2.75, 3.05) is 44.2 Å². The Morgan fingerprint density at radius 2 is 1.93 bits per heavy atom. The van der Waals surface area contributed by atoms with E-state index in [1.165, 1.54) is 17.0 Å². The highest BCUT2D eigenvalue weighted by molar-refractivity contribution is 5.65. The molecule has 1 aromatic carbocycles. The van der Waals surface area contributed by atoms with E-state index >= 15 is 0 Å². The summed E-state index contributed by atoms with van der Waals surface area (Å²) < 4.78 is 14.2. The van der Waals surface area contributed by atoms with Gasteiger partial charge < -0.3 is 14.9 Å². The van der Waals surface area contributed by atoms with Gasteiger partial charge in [0, 0.05) is 44.3 Å². The fourth-order valence-corrected chi connectivity index (χ4v) is 3.25. The van der Waals surface area contributed by atoms with E-state index in [2.05, 4.69) is 4.90 Å². The maximum atomic E-state index is 14.2. The van der Waals surface area contributed by atoms with E-state index in [0.29, 0.717) is 25.3 Å². The summed E-state index contributed by atoms with van der Waals surface area (Å²) in [5.41, 5.74) is -0.306. The number of hydrogen-bond acceptors (Lipinski definition) is 5. The summed E-state index contributed by atoms with van der Waals surface area (Å²) in [5, 5.41) is 20.0. The number of nitro benzene ring substituents is 1. The van der Waals surface area contributed by atoms with Crippen molar-refractivity contribution in [1.29, 1.82) is 0 Å². The fourth-order valence-electron chi connectivity index (χ4n) is 3.25. The molecule has 1 N–H and O–H groups in total. The van der Waals surface area contributed by atoms with Gasteiger partial charge in [-0.25, -0.2) is 9.18 Å². The fraction of sp³-hybridized carbons (Fsp3) is 0.611. The molecule has 0 saturated carbocycles. The number of carbonyl (C=O) groups is 1. The van der Waals surface area contributed by atoms with Gasteiger partial charge >= 0.3 is 6.09 Å². The molecule has 1 saturated heterocycles. The van der Waals surface area contributed by atoms with E-state index in [-0.39, 0.29) is 5.69 Å². The Hall–Kier alpha value is -2.42. The molecule has 0 aromatic heterocycles. The minimum Gasteiger partial charge on any atom is -0.465 e. The number of benzene rings is 1. The van der Waals surface area contributed by atoms with Crippen molar-refractivity contribution in [3.05, 3.63) is 34.1 Å². The standard InChI is InChI=1S/C18H27FN4O4/c1-18(2,3)22(17(24)25)8-4-7-20-9-11-21(12-10-20)16-6-5-14(23(26)27)13-15(16)19/h5-6,13H,4,7-12H2,1-3H3,(H,24,25). The van der Waals surface area contributed by atoms with Crippen LogP contribution >= 0.6 is 0 Å². The summed E-state index contributed by atoms with van der Waals surface area (Å²) in [7, 11) is 0. The van der Waals surface area contributed by atoms with Crippen LogP contribution in [0, 0.1) is 15.9 Å². The number of rotatable bonds is 6. The average molecular weight is 382 g/mol. The van der Waals surface area contributed by atoms with Crippen molar-refractivity contribution in [2.45, 2.75) is 32.7 Å². The number of nitrogens with zero attached hydrogens (tertiary/aromatic N) is 4. The molecule has 1 heterocycles. The number of non-ortho nitro benzene ring substituents is 1. The van der Waals surface area contributed by atoms with Gasteiger partial charge in [-0.3, -0.25) is 15.0 Å². The number of anilines is 1. The van der Waals surface area contributed by atoms with Crippen LogP contribution in [0.3, 0.4) is 0 Å². The predicted octanol–water partition coefficient (Wildman–Crippen LogP) is 3.02. The van der Waals surface area contributed by atoms with Crippen LogP contribution in [0.15, 0.2) is 18.2 Å². The van der Waals surface area contributed by atoms with E-state index in [1.54, 1.807) is 0 Å². The highest BCUT2D eigenvalue weighted by Crippen LogP contribution is 2.25. The Labute approximate surface area is 158 Å². The molecule has 9 heteroatoms. The first-order chi connectivity index (χ1) is 12.6. The van der Waals surface area contributed by atoms with Gasteiger partial charge in [0.15, 0.2) is 5.82 Å². The van der Waals surface area contributed by atoms with Crippen molar-refractivity contribution in [3.63, 3.8) is 0 Å². The lowest BCUT2D eigenvalue weighted by atomic mass is 10.1. The quantitative estimate of drug-likeness (QED) is 0.601. The molecule has 1 amide bonds. The van der Waals surface area contributed by atoms with Gasteiger partial charge in [0.25, 0.3) is 5.69 Å². The number of amides is 1. The van der Waals surface area contributed by atoms with Gasteiger partial charge in [-0.05, 0) is 39.8 Å². The SMILES string of the molecule is CC(C)(C)N(CCCN1CCN(c2ccc([N+](=O)[O-])cc2F)CC1)C(=O)O. The normalized spacial score (nSPS) is 15.6. The molecule has 150 valence electrons. The van der Waals surface area contributed by atoms with E-state index in [1.807, 2.05) is 25.7 Å². The Kier molecular flexibility index (Phi) is 6.59. The van der Waals surface area contributed by atoms with Crippen LogP contribution in [0.2, 0.25) is 0 Å². The van der Waals surface area contributed by atoms with Crippen molar-refractivity contribution in [2.24, 2.45) is 0 Å². The molecule has 27 heavy (non-hydrogen) atoms. The Balaban J connectivity index is 1.84. The zero-order chi connectivity index (χ0) is 20.2. The minimum absolute atomic E-state index is 0.253. The molecule has 0 atom stereocenters. The first-order valence-corrected chi connectivity index (χ1v) is 9.01. The van der Waals surface area contributed by atoms with Crippen LogP contribution in [-0.4, -0.2) is 70.7 Å². The topological polar surface area (TPSA) is 90.2 Å². The minimum atomic E-state index is -0.916. The van der Waals surface area contributed by atoms with Crippen LogP contribution < -0.4 is 4.90 Å². The van der Waals surface area contributed by atoms with Crippen LogP contribution in [0.25, 0.3) is 0 Å². The van der Waals surface area contributed by atoms with Crippen molar-refractivity contribution < 1.29 is 19.2 Å². The molecule has 0 radical (unpaired) electrons. The number of piperazine rings is 1. The summed E-state index contributed by atoms with van der Waals surface area (Å²) in [6, 6.07) is 3.73. The highest BCUT2D eigenvalue weighted by atomic mass is 19.1. The van der Waals surface area contributed by atoms with Crippen LogP contribution in [0.5, 0.6) is 0 Å². The molecule has 8 nitrogen and oxygen atoms in total. The molecule has 1 aliphatic rings. The maximum absolute atomic E-state index is 14.2. The summed E-state index contributed by atoms with van der Waals surface area (Å²) in [5.74, 6) is -0.583. The van der Waals surface area contributed by atoms with E-state index in [9.17, 15) is 24.4 Å². The third kappa shape index (κ3) is 5.53. The Bertz CT molecular complexity index is 684. The molecule has 0 unspecified atom stereocenters. The lowest BCUT2D eigenvalue weighted by Gasteiger charge is -2.37. The Morgan fingerprint density at radius 1 is 1.30 bits per heavy atom. The zero-order valence-corrected chi connectivity index (χ0v) is 16.0. The zero-order valence-electron chi connectivity index (χ0n) is 16.0. The summed E-state index contributed by atoms with van der Waals surface area (Å²) in [6.07, 6.45) is -0.184. The van der Waals surface area contributed by atoms with E-state index in [4.69, 9.17) is 0 Å². The first-order valence-electron chi connectivity index (χ1n) is 9.01. The predicted molar refractivity (Wildman–Crippen MR) is 101 cm³/mol. The monoisotopic (exact) mass is 382 g/mol. The Morgan fingerprint density at radius 3 is 2.41 bits per heavy atom. The van der Waals surface area contributed by atoms with Crippen molar-refractivity contribution in [1.82, 2.24) is 9.80 Å². The van der Waals surface area contributed by atoms with Gasteiger partial charge in [-0.2, -0.15) is 0 Å². The molecule has 1 aliphatic heterocycles. The number of hydrogen-bond donors (Lipinski definition) is 1. The number of nitro groups is 1. The third-order valence-electron chi connectivity index (χ3n) is 4.75. The molecule has 0 aliphatic carbocycles. The molecule has 0 bridgehead atoms. The van der Waals surface area contributed by atoms with Crippen molar-refractivity contribution >= 4 is 17.5 Å². The van der Waals surface area contributed by atoms with E-state index in [0.717, 1.165) is 32.1 Å². The van der Waals surface area contributed by atoms with Crippen LogP contribution in [0.4, 0.5) is 20.6 Å². The molecule has 0 spiro atoms. The maximum Gasteiger partial charge on any atom is 0.407 e. The van der Waals surface area contributed by atoms with Crippen LogP contribution in [0.1, 0.15) is 27.2 Å². The summed E-state index contributed by atoms with van der Waals surface area (Å²) in [4.78, 5) is 27.0. The molecular weight excluding hydrogens is 355 g/mol. The smallest absolute Gasteiger partial charge is 0.407 e. The second kappa shape index (κ2) is 8.51. The molecule has 2 rings (SSSR count). The van der Waals surface area contributed by atoms with E-state index < -0.39 is 22.4 Å². The van der Waals surface area contributed by atoms with Gasteiger partial charge in [0.2, 0.25) is 0 Å². The molecule has 1 fully saturated rings.